The number of hydrogen-bond acceptors (Lipinski definition) is 4. The quantitative estimate of drug-likeness (QED) is 0.455. The third kappa shape index (κ3) is 3.54. The van der Waals surface area contributed by atoms with Gasteiger partial charge in [-0.3, -0.25) is 4.98 Å². The van der Waals surface area contributed by atoms with Crippen LogP contribution in [0.4, 0.5) is 5.82 Å². The van der Waals surface area contributed by atoms with Crippen LogP contribution in [0, 0.1) is 0 Å². The summed E-state index contributed by atoms with van der Waals surface area (Å²) >= 11 is 12.3. The van der Waals surface area contributed by atoms with Gasteiger partial charge in [0.25, 0.3) is 0 Å². The lowest BCUT2D eigenvalue weighted by Crippen LogP contribution is -2.13. The van der Waals surface area contributed by atoms with Crippen LogP contribution in [0.25, 0.3) is 10.9 Å². The molecule has 0 aliphatic heterocycles. The number of pyridine rings is 2. The fourth-order valence-corrected chi connectivity index (χ4v) is 3.31. The molecule has 0 saturated carbocycles. The Kier molecular flexibility index (Phi) is 4.84. The molecule has 0 unspecified atom stereocenters. The molecule has 0 saturated heterocycles. The van der Waals surface area contributed by atoms with Crippen molar-refractivity contribution in [2.24, 2.45) is 0 Å². The number of phenolic OH excluding ortho intramolecular Hbond substituents is 1. The Hall–Kier alpha value is -2.82. The van der Waals surface area contributed by atoms with E-state index in [1.165, 1.54) is 0 Å². The van der Waals surface area contributed by atoms with E-state index in [0.717, 1.165) is 10.9 Å². The summed E-state index contributed by atoms with van der Waals surface area (Å²) in [5, 5.41) is 16.0. The Balaban J connectivity index is 1.87. The van der Waals surface area contributed by atoms with Crippen molar-refractivity contribution < 1.29 is 5.11 Å². The number of rotatable bonds is 4. The second kappa shape index (κ2) is 7.43. The largest absolute Gasteiger partial charge is 0.505 e. The molecule has 27 heavy (non-hydrogen) atoms. The maximum Gasteiger partial charge on any atom is 0.147 e. The second-order valence-corrected chi connectivity index (χ2v) is 6.86. The van der Waals surface area contributed by atoms with E-state index >= 15 is 0 Å². The summed E-state index contributed by atoms with van der Waals surface area (Å²) < 4.78 is 0. The fraction of sp³-hybridized carbons (Fsp3) is 0.0476. The minimum atomic E-state index is -0.388. The highest BCUT2D eigenvalue weighted by Crippen LogP contribution is 2.37. The molecule has 4 rings (SSSR count). The SMILES string of the molecule is Oc1c([C@@H](Nc2ccccn2)c2ccc(Cl)c(Cl)c2)ccc2cccnc12. The zero-order valence-corrected chi connectivity index (χ0v) is 15.6. The van der Waals surface area contributed by atoms with Crippen LogP contribution in [0.1, 0.15) is 17.2 Å². The van der Waals surface area contributed by atoms with E-state index in [1.807, 2.05) is 48.5 Å². The molecule has 1 atom stereocenters. The molecule has 0 bridgehead atoms. The maximum absolute atomic E-state index is 10.9. The van der Waals surface area contributed by atoms with Gasteiger partial charge in [-0.15, -0.1) is 0 Å². The lowest BCUT2D eigenvalue weighted by atomic mass is 9.96. The Morgan fingerprint density at radius 2 is 1.70 bits per heavy atom. The van der Waals surface area contributed by atoms with E-state index < -0.39 is 0 Å². The molecular weight excluding hydrogens is 381 g/mol. The van der Waals surface area contributed by atoms with Crippen molar-refractivity contribution in [2.45, 2.75) is 6.04 Å². The van der Waals surface area contributed by atoms with Gasteiger partial charge in [0.2, 0.25) is 0 Å². The third-order valence-corrected chi connectivity index (χ3v) is 5.06. The number of nitrogens with zero attached hydrogens (tertiary/aromatic N) is 2. The maximum atomic E-state index is 10.9. The molecule has 0 amide bonds. The molecule has 4 aromatic rings. The Labute approximate surface area is 166 Å². The Morgan fingerprint density at radius 1 is 0.852 bits per heavy atom. The fourth-order valence-electron chi connectivity index (χ4n) is 3.01. The van der Waals surface area contributed by atoms with Crippen LogP contribution in [-0.4, -0.2) is 15.1 Å². The number of phenols is 1. The molecule has 0 aliphatic rings. The van der Waals surface area contributed by atoms with Crippen LogP contribution in [0.2, 0.25) is 10.0 Å². The number of nitrogens with one attached hydrogen (secondary N) is 1. The van der Waals surface area contributed by atoms with Crippen LogP contribution >= 0.6 is 23.2 Å². The smallest absolute Gasteiger partial charge is 0.147 e. The zero-order chi connectivity index (χ0) is 18.8. The summed E-state index contributed by atoms with van der Waals surface area (Å²) in [5.74, 6) is 0.793. The van der Waals surface area contributed by atoms with Crippen molar-refractivity contribution in [1.82, 2.24) is 9.97 Å². The molecule has 2 aromatic carbocycles. The van der Waals surface area contributed by atoms with Gasteiger partial charge in [0.15, 0.2) is 0 Å². The summed E-state index contributed by atoms with van der Waals surface area (Å²) in [7, 11) is 0. The zero-order valence-electron chi connectivity index (χ0n) is 14.1. The number of aromatic hydroxyl groups is 1. The Bertz CT molecular complexity index is 1100. The lowest BCUT2D eigenvalue weighted by molar-refractivity contribution is 0.471. The summed E-state index contributed by atoms with van der Waals surface area (Å²) in [6.07, 6.45) is 3.36. The first-order chi connectivity index (χ1) is 13.1. The van der Waals surface area contributed by atoms with Crippen LogP contribution in [0.5, 0.6) is 5.75 Å². The van der Waals surface area contributed by atoms with E-state index in [9.17, 15) is 5.11 Å². The van der Waals surface area contributed by atoms with Crippen molar-refractivity contribution in [1.29, 1.82) is 0 Å². The minimum Gasteiger partial charge on any atom is -0.505 e. The van der Waals surface area contributed by atoms with Crippen LogP contribution in [0.3, 0.4) is 0 Å². The average Bonchev–Trinajstić information content (AvgIpc) is 2.70. The molecule has 0 spiro atoms. The van der Waals surface area contributed by atoms with Gasteiger partial charge in [0.05, 0.1) is 16.1 Å². The molecule has 0 aliphatic carbocycles. The van der Waals surface area contributed by atoms with Gasteiger partial charge in [-0.2, -0.15) is 0 Å². The van der Waals surface area contributed by atoms with Crippen molar-refractivity contribution in [2.75, 3.05) is 5.32 Å². The van der Waals surface area contributed by atoms with Crippen molar-refractivity contribution in [3.05, 3.63) is 94.2 Å². The topological polar surface area (TPSA) is 58.0 Å². The molecule has 2 N–H and O–H groups in total. The number of halogens is 2. The van der Waals surface area contributed by atoms with Crippen LogP contribution in [0.15, 0.2) is 73.1 Å². The summed E-state index contributed by atoms with van der Waals surface area (Å²) in [6, 6.07) is 18.2. The molecule has 134 valence electrons. The molecule has 0 fully saturated rings. The van der Waals surface area contributed by atoms with Crippen molar-refractivity contribution in [3.8, 4) is 5.75 Å². The molecule has 2 heterocycles. The van der Waals surface area contributed by atoms with E-state index in [4.69, 9.17) is 23.2 Å². The molecule has 4 nitrogen and oxygen atoms in total. The summed E-state index contributed by atoms with van der Waals surface area (Å²) in [6.45, 7) is 0. The van der Waals surface area contributed by atoms with Gasteiger partial charge in [0.1, 0.15) is 17.1 Å². The predicted octanol–water partition coefficient (Wildman–Crippen LogP) is 5.84. The highest BCUT2D eigenvalue weighted by Gasteiger charge is 2.21. The van der Waals surface area contributed by atoms with Gasteiger partial charge in [0, 0.05) is 23.3 Å². The number of hydrogen-bond donors (Lipinski definition) is 2. The number of benzene rings is 2. The molecule has 6 heteroatoms. The third-order valence-electron chi connectivity index (χ3n) is 4.32. The molecule has 0 radical (unpaired) electrons. The first-order valence-electron chi connectivity index (χ1n) is 8.32. The summed E-state index contributed by atoms with van der Waals surface area (Å²) in [5.41, 5.74) is 2.06. The first kappa shape index (κ1) is 17.6. The standard InChI is InChI=1S/C21H15Cl2N3O/c22-16-9-7-14(12-17(16)23)19(26-18-5-1-2-10-24-18)15-8-6-13-4-3-11-25-20(13)21(15)27/h1-12,19,27H,(H,24,26)/t19-/m0/s1. The minimum absolute atomic E-state index is 0.118. The van der Waals surface area contributed by atoms with Crippen LogP contribution in [-0.2, 0) is 0 Å². The molecular formula is C21H15Cl2N3O. The first-order valence-corrected chi connectivity index (χ1v) is 9.08. The normalized spacial score (nSPS) is 12.1. The van der Waals surface area contributed by atoms with Gasteiger partial charge in [-0.05, 0) is 35.9 Å². The van der Waals surface area contributed by atoms with Crippen LogP contribution < -0.4 is 5.32 Å². The monoisotopic (exact) mass is 395 g/mol. The highest BCUT2D eigenvalue weighted by atomic mass is 35.5. The van der Waals surface area contributed by atoms with Gasteiger partial charge in [-0.1, -0.05) is 53.5 Å². The van der Waals surface area contributed by atoms with Gasteiger partial charge < -0.3 is 10.4 Å². The molecule has 2 aromatic heterocycles. The number of fused-ring (bicyclic) bond motifs is 1. The predicted molar refractivity (Wildman–Crippen MR) is 110 cm³/mol. The highest BCUT2D eigenvalue weighted by molar-refractivity contribution is 6.42. The number of aromatic nitrogens is 2. The van der Waals surface area contributed by atoms with Gasteiger partial charge >= 0.3 is 0 Å². The van der Waals surface area contributed by atoms with E-state index in [1.54, 1.807) is 24.5 Å². The van der Waals surface area contributed by atoms with E-state index in [-0.39, 0.29) is 11.8 Å². The van der Waals surface area contributed by atoms with Crippen molar-refractivity contribution >= 4 is 39.9 Å². The van der Waals surface area contributed by atoms with Gasteiger partial charge in [-0.25, -0.2) is 4.98 Å². The second-order valence-electron chi connectivity index (χ2n) is 6.04. The Morgan fingerprint density at radius 3 is 2.48 bits per heavy atom. The number of anilines is 1. The van der Waals surface area contributed by atoms with E-state index in [0.29, 0.717) is 26.9 Å². The lowest BCUT2D eigenvalue weighted by Gasteiger charge is -2.22. The van der Waals surface area contributed by atoms with Crippen molar-refractivity contribution in [3.63, 3.8) is 0 Å². The van der Waals surface area contributed by atoms with E-state index in [2.05, 4.69) is 15.3 Å². The summed E-state index contributed by atoms with van der Waals surface area (Å²) in [4.78, 5) is 8.65. The average molecular weight is 396 g/mol.